The Morgan fingerprint density at radius 3 is 1.91 bits per heavy atom. The van der Waals surface area contributed by atoms with Crippen LogP contribution in [0.2, 0.25) is 0 Å². The molecule has 0 spiro atoms. The summed E-state index contributed by atoms with van der Waals surface area (Å²) in [5.41, 5.74) is 5.42. The minimum Gasteiger partial charge on any atom is -0.330 e. The summed E-state index contributed by atoms with van der Waals surface area (Å²) in [5, 5.41) is 0. The number of allylic oxidation sites excluding steroid dienone is 2. The maximum atomic E-state index is 5.42. The molecule has 0 unspecified atom stereocenters. The van der Waals surface area contributed by atoms with Crippen molar-refractivity contribution in [3.63, 3.8) is 0 Å². The van der Waals surface area contributed by atoms with Crippen LogP contribution in [0.5, 0.6) is 0 Å². The molecular formula is C9H18IN. The molecule has 0 aliphatic rings. The third-order valence-corrected chi connectivity index (χ3v) is 1.57. The predicted molar refractivity (Wildman–Crippen MR) is 62.2 cm³/mol. The van der Waals surface area contributed by atoms with Crippen LogP contribution in [0.3, 0.4) is 0 Å². The van der Waals surface area contributed by atoms with Gasteiger partial charge in [-0.3, -0.25) is 0 Å². The van der Waals surface area contributed by atoms with E-state index in [1.165, 1.54) is 0 Å². The van der Waals surface area contributed by atoms with E-state index in [4.69, 9.17) is 5.73 Å². The molecule has 0 saturated heterocycles. The first kappa shape index (κ1) is 13.7. The van der Waals surface area contributed by atoms with Gasteiger partial charge in [-0.25, -0.2) is 0 Å². The van der Waals surface area contributed by atoms with Crippen LogP contribution in [0, 0.1) is 5.92 Å². The van der Waals surface area contributed by atoms with Crippen molar-refractivity contribution in [1.29, 1.82) is 0 Å². The Hall–Kier alpha value is 0.170. The van der Waals surface area contributed by atoms with Crippen LogP contribution < -0.4 is 5.73 Å². The molecule has 66 valence electrons. The predicted octanol–water partition coefficient (Wildman–Crippen LogP) is 2.72. The number of hydrogen-bond acceptors (Lipinski definition) is 1. The van der Waals surface area contributed by atoms with E-state index in [0.29, 0.717) is 5.92 Å². The van der Waals surface area contributed by atoms with Crippen molar-refractivity contribution in [2.45, 2.75) is 19.3 Å². The van der Waals surface area contributed by atoms with Crippen molar-refractivity contribution < 1.29 is 0 Å². The fourth-order valence-corrected chi connectivity index (χ4v) is 1.04. The van der Waals surface area contributed by atoms with E-state index in [9.17, 15) is 0 Å². The maximum Gasteiger partial charge on any atom is -0.00744 e. The Bertz CT molecular complexity index is 91.7. The van der Waals surface area contributed by atoms with Gasteiger partial charge in [0.2, 0.25) is 0 Å². The van der Waals surface area contributed by atoms with Crippen molar-refractivity contribution in [2.24, 2.45) is 11.7 Å². The van der Waals surface area contributed by atoms with E-state index in [0.717, 1.165) is 25.8 Å². The molecule has 11 heavy (non-hydrogen) atoms. The first-order chi connectivity index (χ1) is 4.85. The second-order valence-corrected chi connectivity index (χ2v) is 2.49. The molecule has 0 fully saturated rings. The van der Waals surface area contributed by atoms with Crippen LogP contribution in [0.1, 0.15) is 19.3 Å². The van der Waals surface area contributed by atoms with Gasteiger partial charge >= 0.3 is 0 Å². The van der Waals surface area contributed by atoms with Crippen LogP contribution in [0.4, 0.5) is 0 Å². The Morgan fingerprint density at radius 1 is 1.18 bits per heavy atom. The number of halogens is 1. The summed E-state index contributed by atoms with van der Waals surface area (Å²) >= 11 is 0. The fourth-order valence-electron chi connectivity index (χ4n) is 1.04. The van der Waals surface area contributed by atoms with Crippen LogP contribution in [0.25, 0.3) is 0 Å². The van der Waals surface area contributed by atoms with Gasteiger partial charge < -0.3 is 5.73 Å². The molecule has 0 atom stereocenters. The second-order valence-electron chi connectivity index (χ2n) is 2.49. The molecule has 0 heterocycles. The summed E-state index contributed by atoms with van der Waals surface area (Å²) in [5.74, 6) is 0.667. The van der Waals surface area contributed by atoms with Gasteiger partial charge in [-0.1, -0.05) is 12.2 Å². The van der Waals surface area contributed by atoms with Gasteiger partial charge in [-0.2, -0.15) is 0 Å². The molecule has 2 N–H and O–H groups in total. The minimum atomic E-state index is 0. The summed E-state index contributed by atoms with van der Waals surface area (Å²) in [6.45, 7) is 8.15. The van der Waals surface area contributed by atoms with Gasteiger partial charge in [0, 0.05) is 0 Å². The average Bonchev–Trinajstić information content (AvgIpc) is 1.90. The zero-order chi connectivity index (χ0) is 7.82. The molecule has 0 amide bonds. The molecular weight excluding hydrogens is 249 g/mol. The third kappa shape index (κ3) is 8.07. The molecule has 0 aromatic heterocycles. The summed E-state index contributed by atoms with van der Waals surface area (Å²) in [7, 11) is 0. The van der Waals surface area contributed by atoms with Gasteiger partial charge in [0.1, 0.15) is 0 Å². The van der Waals surface area contributed by atoms with Crippen molar-refractivity contribution in [3.8, 4) is 0 Å². The Kier molecular flexibility index (Phi) is 12.7. The van der Waals surface area contributed by atoms with Crippen LogP contribution in [0.15, 0.2) is 25.3 Å². The minimum absolute atomic E-state index is 0. The van der Waals surface area contributed by atoms with Gasteiger partial charge in [-0.15, -0.1) is 37.1 Å². The Morgan fingerprint density at radius 2 is 1.64 bits per heavy atom. The van der Waals surface area contributed by atoms with Gasteiger partial charge in [0.25, 0.3) is 0 Å². The molecule has 0 radical (unpaired) electrons. The van der Waals surface area contributed by atoms with Crippen molar-refractivity contribution in [3.05, 3.63) is 25.3 Å². The quantitative estimate of drug-likeness (QED) is 0.581. The highest BCUT2D eigenvalue weighted by Crippen LogP contribution is 2.12. The molecule has 0 saturated carbocycles. The summed E-state index contributed by atoms with van der Waals surface area (Å²) in [6, 6.07) is 0. The molecule has 0 rings (SSSR count). The summed E-state index contributed by atoms with van der Waals surface area (Å²) in [4.78, 5) is 0. The zero-order valence-corrected chi connectivity index (χ0v) is 9.29. The molecule has 1 nitrogen and oxygen atoms in total. The van der Waals surface area contributed by atoms with E-state index in [-0.39, 0.29) is 24.0 Å². The lowest BCUT2D eigenvalue weighted by molar-refractivity contribution is 0.506. The van der Waals surface area contributed by atoms with Gasteiger partial charge in [0.15, 0.2) is 0 Å². The smallest absolute Gasteiger partial charge is 0.00744 e. The molecule has 0 aromatic carbocycles. The third-order valence-electron chi connectivity index (χ3n) is 1.57. The fraction of sp³-hybridized carbons (Fsp3) is 0.556. The second kappa shape index (κ2) is 10.2. The molecule has 2 heteroatoms. The molecule has 0 aliphatic heterocycles. The monoisotopic (exact) mass is 267 g/mol. The van der Waals surface area contributed by atoms with Crippen molar-refractivity contribution >= 4 is 24.0 Å². The highest BCUT2D eigenvalue weighted by atomic mass is 127. The van der Waals surface area contributed by atoms with E-state index < -0.39 is 0 Å². The van der Waals surface area contributed by atoms with Crippen LogP contribution in [-0.4, -0.2) is 6.54 Å². The first-order valence-electron chi connectivity index (χ1n) is 3.77. The number of hydrogen-bond donors (Lipinski definition) is 1. The van der Waals surface area contributed by atoms with E-state index in [1.54, 1.807) is 0 Å². The lowest BCUT2D eigenvalue weighted by Gasteiger charge is -2.09. The Balaban J connectivity index is 0. The normalized spacial score (nSPS) is 8.91. The van der Waals surface area contributed by atoms with E-state index >= 15 is 0 Å². The zero-order valence-electron chi connectivity index (χ0n) is 6.96. The lowest BCUT2D eigenvalue weighted by atomic mass is 9.98. The van der Waals surface area contributed by atoms with Gasteiger partial charge in [-0.05, 0) is 31.7 Å². The standard InChI is InChI=1S/C9H17N.HI/c1-3-5-9(6-4-2)7-8-10;/h3-4,9H,1-2,5-8,10H2;1H. The highest BCUT2D eigenvalue weighted by Gasteiger charge is 2.01. The molecule has 0 aliphatic carbocycles. The largest absolute Gasteiger partial charge is 0.330 e. The lowest BCUT2D eigenvalue weighted by Crippen LogP contribution is -2.07. The summed E-state index contributed by atoms with van der Waals surface area (Å²) in [6.07, 6.45) is 7.10. The summed E-state index contributed by atoms with van der Waals surface area (Å²) < 4.78 is 0. The van der Waals surface area contributed by atoms with Crippen LogP contribution in [-0.2, 0) is 0 Å². The molecule has 0 aromatic rings. The molecule has 0 bridgehead atoms. The van der Waals surface area contributed by atoms with E-state index in [2.05, 4.69) is 13.2 Å². The van der Waals surface area contributed by atoms with Crippen molar-refractivity contribution in [1.82, 2.24) is 0 Å². The SMILES string of the molecule is C=CCC(CC=C)CCN.I. The first-order valence-corrected chi connectivity index (χ1v) is 3.77. The van der Waals surface area contributed by atoms with Crippen molar-refractivity contribution in [2.75, 3.05) is 6.54 Å². The van der Waals surface area contributed by atoms with E-state index in [1.807, 2.05) is 12.2 Å². The number of rotatable bonds is 6. The van der Waals surface area contributed by atoms with Gasteiger partial charge in [0.05, 0.1) is 0 Å². The average molecular weight is 267 g/mol. The Labute approximate surface area is 86.8 Å². The van der Waals surface area contributed by atoms with Crippen LogP contribution >= 0.6 is 24.0 Å². The highest BCUT2D eigenvalue weighted by molar-refractivity contribution is 14.0. The maximum absolute atomic E-state index is 5.42. The number of nitrogens with two attached hydrogens (primary N) is 1. The topological polar surface area (TPSA) is 26.0 Å².